The molecule has 1 aliphatic rings. The van der Waals surface area contributed by atoms with E-state index in [0.29, 0.717) is 0 Å². The fourth-order valence-corrected chi connectivity index (χ4v) is 4.97. The van der Waals surface area contributed by atoms with Crippen molar-refractivity contribution in [2.75, 3.05) is 13.2 Å². The number of hydrogen-bond acceptors (Lipinski definition) is 5. The van der Waals surface area contributed by atoms with Crippen LogP contribution in [0.25, 0.3) is 32.6 Å². The molecule has 4 aromatic rings. The number of thiophene rings is 1. The summed E-state index contributed by atoms with van der Waals surface area (Å²) in [6.07, 6.45) is 7.02. The molecule has 3 heterocycles. The lowest BCUT2D eigenvalue weighted by Crippen LogP contribution is -2.00. The Balaban J connectivity index is 1.59. The van der Waals surface area contributed by atoms with E-state index in [0.717, 1.165) is 70.2 Å². The van der Waals surface area contributed by atoms with Crippen molar-refractivity contribution in [3.63, 3.8) is 0 Å². The Morgan fingerprint density at radius 1 is 0.710 bits per heavy atom. The van der Waals surface area contributed by atoms with Crippen LogP contribution in [0.15, 0.2) is 60.0 Å². The number of nitrogens with zero attached hydrogens (tertiary/aromatic N) is 2. The number of benzene rings is 2. The number of fused-ring (bicyclic) bond motifs is 11. The highest BCUT2D eigenvalue weighted by molar-refractivity contribution is 7.17. The van der Waals surface area contributed by atoms with Crippen molar-refractivity contribution in [2.24, 2.45) is 0 Å². The summed E-state index contributed by atoms with van der Waals surface area (Å²) in [5, 5.41) is 12.5. The van der Waals surface area contributed by atoms with E-state index >= 15 is 0 Å². The van der Waals surface area contributed by atoms with Crippen LogP contribution in [0.2, 0.25) is 0 Å². The molecule has 158 valence electrons. The van der Waals surface area contributed by atoms with Crippen LogP contribution in [0, 0.1) is 0 Å². The molecule has 0 aliphatic carbocycles. The second-order valence-corrected chi connectivity index (χ2v) is 8.82. The van der Waals surface area contributed by atoms with Crippen molar-refractivity contribution in [1.82, 2.24) is 10.2 Å². The van der Waals surface area contributed by atoms with E-state index < -0.39 is 0 Å². The van der Waals surface area contributed by atoms with Gasteiger partial charge in [0.1, 0.15) is 22.9 Å². The predicted molar refractivity (Wildman–Crippen MR) is 127 cm³/mol. The number of aromatic nitrogens is 2. The largest absolute Gasteiger partial charge is 0.494 e. The van der Waals surface area contributed by atoms with Crippen molar-refractivity contribution in [3.05, 3.63) is 60.0 Å². The molecule has 0 N–H and O–H groups in total. The summed E-state index contributed by atoms with van der Waals surface area (Å²) < 4.78 is 13.3. The summed E-state index contributed by atoms with van der Waals surface area (Å²) in [4.78, 5) is 0. The third-order valence-corrected chi connectivity index (χ3v) is 6.62. The standard InChI is InChI=1S/C26H26N2O2S/c1-2-4-8-16-30-23-13-6-5-12-21(23)25-26-22(14-17-31-26)24(27-28-25)19-10-9-11-20(18-19)29-15-7-3-1/h5-6,9-14,17-18H,1-4,7-8,15-16H2. The van der Waals surface area contributed by atoms with E-state index in [1.165, 1.54) is 25.7 Å². The third-order valence-electron chi connectivity index (χ3n) is 5.70. The molecule has 5 heteroatoms. The van der Waals surface area contributed by atoms with Gasteiger partial charge in [0.25, 0.3) is 0 Å². The molecule has 5 rings (SSSR count). The SMILES string of the molecule is c1cc2cc(c1)-c1nnc(c3sccc13)-c1ccccc1OCCCCCCCCO2. The third kappa shape index (κ3) is 4.42. The van der Waals surface area contributed by atoms with Gasteiger partial charge in [0.15, 0.2) is 0 Å². The van der Waals surface area contributed by atoms with Crippen LogP contribution in [-0.4, -0.2) is 23.4 Å². The van der Waals surface area contributed by atoms with Crippen molar-refractivity contribution < 1.29 is 9.47 Å². The molecule has 0 saturated carbocycles. The minimum absolute atomic E-state index is 0.727. The zero-order chi connectivity index (χ0) is 20.9. The van der Waals surface area contributed by atoms with Crippen LogP contribution in [0.5, 0.6) is 11.5 Å². The molecule has 0 amide bonds. The van der Waals surface area contributed by atoms with Crippen LogP contribution in [0.1, 0.15) is 38.5 Å². The van der Waals surface area contributed by atoms with Gasteiger partial charge in [-0.25, -0.2) is 0 Å². The number of para-hydroxylation sites is 1. The monoisotopic (exact) mass is 430 g/mol. The molecule has 2 aromatic carbocycles. The quantitative estimate of drug-likeness (QED) is 0.297. The van der Waals surface area contributed by atoms with Crippen molar-refractivity contribution >= 4 is 21.4 Å². The summed E-state index contributed by atoms with van der Waals surface area (Å²) >= 11 is 1.70. The first-order chi connectivity index (χ1) is 15.4. The fraction of sp³-hybridized carbons (Fsp3) is 0.308. The Morgan fingerprint density at radius 2 is 1.48 bits per heavy atom. The Hall–Kier alpha value is -2.92. The molecular formula is C26H26N2O2S. The van der Waals surface area contributed by atoms with Gasteiger partial charge in [-0.2, -0.15) is 0 Å². The van der Waals surface area contributed by atoms with Crippen LogP contribution >= 0.6 is 11.3 Å². The second-order valence-electron chi connectivity index (χ2n) is 7.90. The maximum atomic E-state index is 6.18. The Labute approximate surface area is 186 Å². The first-order valence-electron chi connectivity index (χ1n) is 11.1. The van der Waals surface area contributed by atoms with Crippen LogP contribution in [0.3, 0.4) is 0 Å². The van der Waals surface area contributed by atoms with Gasteiger partial charge < -0.3 is 9.47 Å². The topological polar surface area (TPSA) is 44.2 Å². The van der Waals surface area contributed by atoms with Gasteiger partial charge in [-0.3, -0.25) is 0 Å². The highest BCUT2D eigenvalue weighted by Crippen LogP contribution is 2.39. The molecule has 4 bridgehead atoms. The summed E-state index contributed by atoms with van der Waals surface area (Å²) in [5.41, 5.74) is 3.81. The maximum absolute atomic E-state index is 6.18. The highest BCUT2D eigenvalue weighted by atomic mass is 32.1. The summed E-state index contributed by atoms with van der Waals surface area (Å²) in [6.45, 7) is 1.48. The smallest absolute Gasteiger partial charge is 0.128 e. The highest BCUT2D eigenvalue weighted by Gasteiger charge is 2.17. The number of ether oxygens (including phenoxy) is 2. The molecule has 0 atom stereocenters. The average molecular weight is 431 g/mol. The van der Waals surface area contributed by atoms with Gasteiger partial charge in [-0.15, -0.1) is 21.5 Å². The lowest BCUT2D eigenvalue weighted by atomic mass is 10.1. The molecule has 4 nitrogen and oxygen atoms in total. The van der Waals surface area contributed by atoms with E-state index in [2.05, 4.69) is 39.8 Å². The molecule has 0 unspecified atom stereocenters. The molecule has 0 radical (unpaired) electrons. The van der Waals surface area contributed by atoms with E-state index in [9.17, 15) is 0 Å². The first kappa shape index (κ1) is 20.0. The zero-order valence-corrected chi connectivity index (χ0v) is 18.4. The minimum atomic E-state index is 0.727. The van der Waals surface area contributed by atoms with Gasteiger partial charge >= 0.3 is 0 Å². The van der Waals surface area contributed by atoms with Crippen LogP contribution < -0.4 is 9.47 Å². The van der Waals surface area contributed by atoms with Gasteiger partial charge in [-0.05, 0) is 48.6 Å². The van der Waals surface area contributed by atoms with Gasteiger partial charge in [0, 0.05) is 16.5 Å². The molecule has 0 fully saturated rings. The van der Waals surface area contributed by atoms with Gasteiger partial charge in [0.2, 0.25) is 0 Å². The summed E-state index contributed by atoms with van der Waals surface area (Å²) in [6, 6.07) is 18.5. The Kier molecular flexibility index (Phi) is 6.12. The van der Waals surface area contributed by atoms with E-state index in [4.69, 9.17) is 9.47 Å². The molecular weight excluding hydrogens is 404 g/mol. The van der Waals surface area contributed by atoms with Crippen molar-refractivity contribution in [2.45, 2.75) is 38.5 Å². The number of rotatable bonds is 0. The first-order valence-corrected chi connectivity index (χ1v) is 12.0. The normalized spacial score (nSPS) is 15.2. The maximum Gasteiger partial charge on any atom is 0.128 e. The van der Waals surface area contributed by atoms with E-state index in [1.54, 1.807) is 11.3 Å². The predicted octanol–water partition coefficient (Wildman–Crippen LogP) is 7.14. The van der Waals surface area contributed by atoms with Gasteiger partial charge in [0.05, 0.1) is 17.9 Å². The van der Waals surface area contributed by atoms with E-state index in [1.807, 2.05) is 30.3 Å². The molecule has 2 aromatic heterocycles. The van der Waals surface area contributed by atoms with Crippen molar-refractivity contribution in [3.8, 4) is 34.0 Å². The minimum Gasteiger partial charge on any atom is -0.494 e. The summed E-state index contributed by atoms with van der Waals surface area (Å²) in [5.74, 6) is 1.77. The molecule has 0 saturated heterocycles. The Bertz CT molecular complexity index is 1170. The lowest BCUT2D eigenvalue weighted by Gasteiger charge is -2.12. The fourth-order valence-electron chi connectivity index (χ4n) is 4.07. The molecule has 31 heavy (non-hydrogen) atoms. The lowest BCUT2D eigenvalue weighted by molar-refractivity contribution is 0.297. The second kappa shape index (κ2) is 9.48. The van der Waals surface area contributed by atoms with Crippen molar-refractivity contribution in [1.29, 1.82) is 0 Å². The molecule has 0 spiro atoms. The zero-order valence-electron chi connectivity index (χ0n) is 17.5. The summed E-state index contributed by atoms with van der Waals surface area (Å²) in [7, 11) is 0. The van der Waals surface area contributed by atoms with Gasteiger partial charge in [-0.1, -0.05) is 49.9 Å². The Morgan fingerprint density at radius 3 is 2.39 bits per heavy atom. The molecule has 1 aliphatic heterocycles. The average Bonchev–Trinajstić information content (AvgIpc) is 3.30. The van der Waals surface area contributed by atoms with Crippen LogP contribution in [-0.2, 0) is 0 Å². The number of hydrogen-bond donors (Lipinski definition) is 0. The van der Waals surface area contributed by atoms with E-state index in [-0.39, 0.29) is 0 Å². The van der Waals surface area contributed by atoms with Crippen LogP contribution in [0.4, 0.5) is 0 Å².